The Labute approximate surface area is 168 Å². The molecule has 1 aromatic heterocycles. The van der Waals surface area contributed by atoms with Crippen molar-refractivity contribution in [2.24, 2.45) is 0 Å². The highest BCUT2D eigenvalue weighted by molar-refractivity contribution is 7.99. The van der Waals surface area contributed by atoms with Gasteiger partial charge in [-0.15, -0.1) is 10.2 Å². The second-order valence-corrected chi connectivity index (χ2v) is 7.65. The van der Waals surface area contributed by atoms with Crippen LogP contribution in [0.25, 0.3) is 5.69 Å². The third-order valence-corrected chi connectivity index (χ3v) is 5.44. The Morgan fingerprint density at radius 1 is 1.15 bits per heavy atom. The van der Waals surface area contributed by atoms with E-state index in [1.165, 1.54) is 17.3 Å². The number of carbonyl (C=O) groups is 1. The lowest BCUT2D eigenvalue weighted by Gasteiger charge is -2.15. The summed E-state index contributed by atoms with van der Waals surface area (Å²) in [5.74, 6) is 0.952. The number of aromatic nitrogens is 3. The number of aryl methyl sites for hydroxylation is 2. The fraction of sp³-hybridized carbons (Fsp3) is 0.250. The predicted octanol–water partition coefficient (Wildman–Crippen LogP) is 4.51. The van der Waals surface area contributed by atoms with Gasteiger partial charge in [0.1, 0.15) is 5.82 Å². The van der Waals surface area contributed by atoms with Gasteiger partial charge in [-0.05, 0) is 44.5 Å². The van der Waals surface area contributed by atoms with E-state index in [2.05, 4.69) is 15.5 Å². The summed E-state index contributed by atoms with van der Waals surface area (Å²) in [5, 5.41) is 12.7. The summed E-state index contributed by atoms with van der Waals surface area (Å²) >= 11 is 7.56. The Balaban J connectivity index is 1.66. The minimum Gasteiger partial charge on any atom is -0.349 e. The van der Waals surface area contributed by atoms with Gasteiger partial charge in [0, 0.05) is 10.7 Å². The molecule has 3 aromatic rings. The first-order chi connectivity index (χ1) is 13.0. The van der Waals surface area contributed by atoms with Crippen LogP contribution in [-0.4, -0.2) is 26.4 Å². The Morgan fingerprint density at radius 2 is 1.85 bits per heavy atom. The molecule has 140 valence electrons. The predicted molar refractivity (Wildman–Crippen MR) is 110 cm³/mol. The SMILES string of the molecule is Cc1ccc(-n2c(C)nnc2SCC(=O)N[C@H](C)c2ccccc2Cl)cc1. The Hall–Kier alpha value is -2.31. The van der Waals surface area contributed by atoms with Crippen LogP contribution in [0.15, 0.2) is 53.7 Å². The van der Waals surface area contributed by atoms with E-state index < -0.39 is 0 Å². The molecule has 7 heteroatoms. The molecule has 27 heavy (non-hydrogen) atoms. The number of amides is 1. The van der Waals surface area contributed by atoms with Crippen LogP contribution in [0.5, 0.6) is 0 Å². The van der Waals surface area contributed by atoms with E-state index in [-0.39, 0.29) is 17.7 Å². The van der Waals surface area contributed by atoms with Gasteiger partial charge in [0.05, 0.1) is 11.8 Å². The molecule has 0 aliphatic carbocycles. The molecule has 0 fully saturated rings. The summed E-state index contributed by atoms with van der Waals surface area (Å²) in [6.45, 7) is 5.86. The summed E-state index contributed by atoms with van der Waals surface area (Å²) in [7, 11) is 0. The lowest BCUT2D eigenvalue weighted by atomic mass is 10.1. The summed E-state index contributed by atoms with van der Waals surface area (Å²) in [5.41, 5.74) is 3.07. The number of thioether (sulfide) groups is 1. The van der Waals surface area contributed by atoms with Crippen LogP contribution in [0.2, 0.25) is 5.02 Å². The number of rotatable bonds is 6. The molecule has 3 rings (SSSR count). The van der Waals surface area contributed by atoms with Crippen molar-refractivity contribution in [2.75, 3.05) is 5.75 Å². The molecule has 0 aliphatic heterocycles. The van der Waals surface area contributed by atoms with E-state index in [1.807, 2.05) is 73.9 Å². The number of hydrogen-bond donors (Lipinski definition) is 1. The molecule has 1 heterocycles. The highest BCUT2D eigenvalue weighted by Crippen LogP contribution is 2.24. The van der Waals surface area contributed by atoms with Gasteiger partial charge in [-0.3, -0.25) is 9.36 Å². The molecule has 1 N–H and O–H groups in total. The average Bonchev–Trinajstić information content (AvgIpc) is 3.01. The van der Waals surface area contributed by atoms with Gasteiger partial charge in [-0.2, -0.15) is 0 Å². The summed E-state index contributed by atoms with van der Waals surface area (Å²) in [6.07, 6.45) is 0. The third-order valence-electron chi connectivity index (χ3n) is 4.17. The number of hydrogen-bond acceptors (Lipinski definition) is 4. The van der Waals surface area contributed by atoms with Gasteiger partial charge in [0.15, 0.2) is 5.16 Å². The van der Waals surface area contributed by atoms with E-state index in [4.69, 9.17) is 11.6 Å². The Kier molecular flexibility index (Phi) is 6.19. The molecule has 1 amide bonds. The number of halogens is 1. The first-order valence-electron chi connectivity index (χ1n) is 8.61. The van der Waals surface area contributed by atoms with Gasteiger partial charge >= 0.3 is 0 Å². The zero-order chi connectivity index (χ0) is 19.4. The van der Waals surface area contributed by atoms with E-state index >= 15 is 0 Å². The summed E-state index contributed by atoms with van der Waals surface area (Å²) in [6, 6.07) is 15.5. The topological polar surface area (TPSA) is 59.8 Å². The maximum Gasteiger partial charge on any atom is 0.230 e. The zero-order valence-corrected chi connectivity index (χ0v) is 17.0. The van der Waals surface area contributed by atoms with Crippen LogP contribution in [0.1, 0.15) is 29.9 Å². The quantitative estimate of drug-likeness (QED) is 0.618. The number of nitrogens with zero attached hydrogens (tertiary/aromatic N) is 3. The van der Waals surface area contributed by atoms with Crippen molar-refractivity contribution in [1.82, 2.24) is 20.1 Å². The minimum atomic E-state index is -0.163. The van der Waals surface area contributed by atoms with Crippen molar-refractivity contribution >= 4 is 29.3 Å². The molecule has 5 nitrogen and oxygen atoms in total. The fourth-order valence-corrected chi connectivity index (χ4v) is 3.85. The van der Waals surface area contributed by atoms with Gasteiger partial charge in [-0.1, -0.05) is 59.3 Å². The number of benzene rings is 2. The molecule has 0 saturated carbocycles. The largest absolute Gasteiger partial charge is 0.349 e. The van der Waals surface area contributed by atoms with Gasteiger partial charge in [0.25, 0.3) is 0 Å². The van der Waals surface area contributed by atoms with Crippen molar-refractivity contribution in [3.05, 3.63) is 70.5 Å². The second-order valence-electron chi connectivity index (χ2n) is 6.30. The molecule has 2 aromatic carbocycles. The number of nitrogens with one attached hydrogen (secondary N) is 1. The molecule has 0 aliphatic rings. The smallest absolute Gasteiger partial charge is 0.230 e. The third kappa shape index (κ3) is 4.70. The lowest BCUT2D eigenvalue weighted by Crippen LogP contribution is -2.28. The van der Waals surface area contributed by atoms with Gasteiger partial charge in [0.2, 0.25) is 5.91 Å². The van der Waals surface area contributed by atoms with Crippen LogP contribution in [0.3, 0.4) is 0 Å². The average molecular weight is 401 g/mol. The molecule has 0 saturated heterocycles. The molecule has 0 radical (unpaired) electrons. The monoisotopic (exact) mass is 400 g/mol. The normalized spacial score (nSPS) is 12.0. The molecular formula is C20H21ClN4OS. The Morgan fingerprint density at radius 3 is 2.56 bits per heavy atom. The van der Waals surface area contributed by atoms with Crippen molar-refractivity contribution in [3.63, 3.8) is 0 Å². The molecule has 0 bridgehead atoms. The summed E-state index contributed by atoms with van der Waals surface area (Å²) < 4.78 is 1.95. The van der Waals surface area contributed by atoms with Crippen LogP contribution in [-0.2, 0) is 4.79 Å². The molecular weight excluding hydrogens is 380 g/mol. The van der Waals surface area contributed by atoms with Crippen molar-refractivity contribution in [2.45, 2.75) is 32.0 Å². The second kappa shape index (κ2) is 8.59. The Bertz CT molecular complexity index is 939. The van der Waals surface area contributed by atoms with E-state index in [0.29, 0.717) is 10.2 Å². The van der Waals surface area contributed by atoms with E-state index in [0.717, 1.165) is 17.1 Å². The molecule has 0 unspecified atom stereocenters. The lowest BCUT2D eigenvalue weighted by molar-refractivity contribution is -0.119. The van der Waals surface area contributed by atoms with Crippen LogP contribution < -0.4 is 5.32 Å². The van der Waals surface area contributed by atoms with E-state index in [1.54, 1.807) is 0 Å². The van der Waals surface area contributed by atoms with Crippen LogP contribution in [0, 0.1) is 13.8 Å². The zero-order valence-electron chi connectivity index (χ0n) is 15.4. The molecule has 0 spiro atoms. The van der Waals surface area contributed by atoms with Crippen molar-refractivity contribution < 1.29 is 4.79 Å². The van der Waals surface area contributed by atoms with Crippen LogP contribution in [0.4, 0.5) is 0 Å². The fourth-order valence-electron chi connectivity index (χ4n) is 2.74. The number of carbonyl (C=O) groups excluding carboxylic acids is 1. The molecule has 1 atom stereocenters. The first-order valence-corrected chi connectivity index (χ1v) is 9.97. The van der Waals surface area contributed by atoms with E-state index in [9.17, 15) is 4.79 Å². The van der Waals surface area contributed by atoms with Gasteiger partial charge < -0.3 is 5.32 Å². The van der Waals surface area contributed by atoms with Gasteiger partial charge in [-0.25, -0.2) is 0 Å². The summed E-state index contributed by atoms with van der Waals surface area (Å²) in [4.78, 5) is 12.4. The maximum absolute atomic E-state index is 12.4. The van der Waals surface area contributed by atoms with Crippen molar-refractivity contribution in [3.8, 4) is 5.69 Å². The minimum absolute atomic E-state index is 0.0801. The standard InChI is InChI=1S/C20H21ClN4OS/c1-13-8-10-16(11-9-13)25-15(3)23-24-20(25)27-12-19(26)22-14(2)17-6-4-5-7-18(17)21/h4-11,14H,12H2,1-3H3,(H,22,26)/t14-/m1/s1. The highest BCUT2D eigenvalue weighted by atomic mass is 35.5. The maximum atomic E-state index is 12.4. The van der Waals surface area contributed by atoms with Crippen LogP contribution >= 0.6 is 23.4 Å². The van der Waals surface area contributed by atoms with Crippen molar-refractivity contribution in [1.29, 1.82) is 0 Å². The highest BCUT2D eigenvalue weighted by Gasteiger charge is 2.16. The first kappa shape index (κ1) is 19.5.